The molecule has 0 saturated carbocycles. The molecule has 3 atom stereocenters. The van der Waals surface area contributed by atoms with Crippen LogP contribution in [0.15, 0.2) is 164 Å². The Hall–Kier alpha value is -9.93. The fraction of sp³-hybridized carbons (Fsp3) is 0.406. The van der Waals surface area contributed by atoms with E-state index in [1.54, 1.807) is 0 Å². The summed E-state index contributed by atoms with van der Waals surface area (Å²) in [7, 11) is 4.04. The van der Waals surface area contributed by atoms with E-state index in [9.17, 15) is 30.6 Å². The number of benzene rings is 9. The predicted octanol–water partition coefficient (Wildman–Crippen LogP) is 19.4. The van der Waals surface area contributed by atoms with Gasteiger partial charge >= 0.3 is 17.9 Å². The first-order valence-corrected chi connectivity index (χ1v) is 38.6. The molecule has 588 valence electrons. The van der Waals surface area contributed by atoms with Crippen LogP contribution in [0.25, 0.3) is 33.4 Å². The van der Waals surface area contributed by atoms with Gasteiger partial charge in [-0.25, -0.2) is 0 Å². The van der Waals surface area contributed by atoms with E-state index >= 15 is 14.4 Å². The zero-order chi connectivity index (χ0) is 81.4. The van der Waals surface area contributed by atoms with E-state index in [0.717, 1.165) is 50.1 Å². The number of hydrogen-bond donors (Lipinski definition) is 6. The molecule has 0 spiro atoms. The minimum Gasteiger partial charge on any atom is -0.507 e. The summed E-state index contributed by atoms with van der Waals surface area (Å²) in [5.74, 6) is -2.76. The summed E-state index contributed by atoms with van der Waals surface area (Å²) in [5, 5.41) is 81.4. The maximum Gasteiger partial charge on any atom is 0.323 e. The van der Waals surface area contributed by atoms with Crippen molar-refractivity contribution < 1.29 is 59.2 Å². The Balaban J connectivity index is 1.37. The Morgan fingerprint density at radius 3 is 0.568 bits per heavy atom. The molecule has 0 aromatic heterocycles. The lowest BCUT2D eigenvalue weighted by Crippen LogP contribution is -2.43. The fourth-order valence-electron chi connectivity index (χ4n) is 14.9. The van der Waals surface area contributed by atoms with Gasteiger partial charge in [-0.1, -0.05) is 252 Å². The Morgan fingerprint density at radius 1 is 0.279 bits per heavy atom. The first-order valence-electron chi connectivity index (χ1n) is 38.6. The van der Waals surface area contributed by atoms with Gasteiger partial charge in [0.2, 0.25) is 0 Å². The van der Waals surface area contributed by atoms with Crippen LogP contribution < -0.4 is 0 Å². The minimum absolute atomic E-state index is 0.103. The van der Waals surface area contributed by atoms with Crippen molar-refractivity contribution in [1.29, 1.82) is 0 Å². The van der Waals surface area contributed by atoms with Gasteiger partial charge in [-0.2, -0.15) is 0 Å². The molecular formula is C96H117N3O12. The highest BCUT2D eigenvalue weighted by Crippen LogP contribution is 2.50. The number of hydrogen-bond acceptors (Lipinski definition) is 15. The standard InChI is InChI=1S/C96H117N3O12/c1-91(2,3)67-40-61-52-97(79(88(106)109-19)37-58-31-25-22-26-32-58)53-63-42-69(93(7,8)9)48-75(84(63)102)76-49-71(95(13,14)15)44-65(86(76)104)56-99(81(90(108)111-21)39-60-35-29-24-30-36-60)57-66-45-72(96(16,17)18)51-78(87(66)105)77-50-70(94(10,11)12)43-64(85(77)103)55-98(80(89(107)110-20)38-59-33-27-23-28-34-59)54-62-41-68(92(4,5)6)47-74(83(62)101)73(46-67)82(61)100/h22-36,40-51,79-81,100-105H,37-39,52-57H2,1-21H3. The molecule has 9 aromatic rings. The van der Waals surface area contributed by atoms with Crippen LogP contribution in [0.4, 0.5) is 0 Å². The fourth-order valence-corrected chi connectivity index (χ4v) is 14.9. The van der Waals surface area contributed by atoms with Gasteiger partial charge in [0.1, 0.15) is 52.6 Å². The molecule has 3 unspecified atom stereocenters. The number of aromatic hydroxyl groups is 6. The number of phenols is 6. The summed E-state index contributed by atoms with van der Waals surface area (Å²) in [6.07, 6.45) is 0.465. The second-order valence-electron chi connectivity index (χ2n) is 36.6. The summed E-state index contributed by atoms with van der Waals surface area (Å²) >= 11 is 0. The highest BCUT2D eigenvalue weighted by atomic mass is 16.5. The monoisotopic (exact) mass is 1500 g/mol. The van der Waals surface area contributed by atoms with Gasteiger partial charge in [-0.05, 0) is 138 Å². The maximum absolute atomic E-state index is 15.0. The molecule has 15 heteroatoms. The van der Waals surface area contributed by atoms with Crippen LogP contribution >= 0.6 is 0 Å². The molecule has 0 saturated heterocycles. The predicted molar refractivity (Wildman–Crippen MR) is 443 cm³/mol. The van der Waals surface area contributed by atoms with Crippen LogP contribution in [-0.2, 0) is 120 Å². The van der Waals surface area contributed by atoms with E-state index in [2.05, 4.69) is 125 Å². The van der Waals surface area contributed by atoms with Crippen LogP contribution in [0.1, 0.15) is 208 Å². The molecule has 12 bridgehead atoms. The van der Waals surface area contributed by atoms with Crippen LogP contribution in [0, 0.1) is 0 Å². The molecule has 1 heterocycles. The number of carbonyl (C=O) groups is 3. The average molecular weight is 1510 g/mol. The summed E-state index contributed by atoms with van der Waals surface area (Å²) in [6.45, 7) is 36.6. The number of nitrogens with zero attached hydrogens (tertiary/aromatic N) is 3. The molecule has 9 aromatic carbocycles. The van der Waals surface area contributed by atoms with Crippen molar-refractivity contribution in [3.8, 4) is 67.9 Å². The molecule has 1 aliphatic heterocycles. The quantitative estimate of drug-likeness (QED) is 0.0496. The molecule has 15 nitrogen and oxygen atoms in total. The topological polar surface area (TPSA) is 210 Å². The molecule has 6 N–H and O–H groups in total. The lowest BCUT2D eigenvalue weighted by atomic mass is 9.80. The van der Waals surface area contributed by atoms with Gasteiger partial charge in [-0.15, -0.1) is 0 Å². The summed E-state index contributed by atoms with van der Waals surface area (Å²) < 4.78 is 17.3. The van der Waals surface area contributed by atoms with E-state index in [4.69, 9.17) is 14.2 Å². The van der Waals surface area contributed by atoms with Crippen molar-refractivity contribution in [2.75, 3.05) is 21.3 Å². The maximum atomic E-state index is 15.0. The van der Waals surface area contributed by atoms with Crippen LogP contribution in [0.5, 0.6) is 34.5 Å². The molecule has 10 rings (SSSR count). The summed E-state index contributed by atoms with van der Waals surface area (Å²) in [5.41, 5.74) is 7.95. The Morgan fingerprint density at radius 2 is 0.432 bits per heavy atom. The third-order valence-electron chi connectivity index (χ3n) is 22.0. The number of carbonyl (C=O) groups excluding carboxylic acids is 3. The lowest BCUT2D eigenvalue weighted by Gasteiger charge is -2.33. The third kappa shape index (κ3) is 19.2. The lowest BCUT2D eigenvalue weighted by molar-refractivity contribution is -0.148. The van der Waals surface area contributed by atoms with E-state index in [1.165, 1.54) is 21.3 Å². The van der Waals surface area contributed by atoms with Crippen molar-refractivity contribution in [2.45, 2.75) is 234 Å². The third-order valence-corrected chi connectivity index (χ3v) is 22.0. The minimum atomic E-state index is -1.04. The molecule has 0 fully saturated rings. The largest absolute Gasteiger partial charge is 0.507 e. The van der Waals surface area contributed by atoms with Crippen molar-refractivity contribution >= 4 is 17.9 Å². The van der Waals surface area contributed by atoms with Gasteiger partial charge in [0.05, 0.1) is 21.3 Å². The number of methoxy groups -OCH3 is 3. The first kappa shape index (κ1) is 83.5. The van der Waals surface area contributed by atoms with Crippen molar-refractivity contribution in [3.05, 3.63) is 247 Å². The van der Waals surface area contributed by atoms with Gasteiger partial charge < -0.3 is 44.8 Å². The zero-order valence-corrected chi connectivity index (χ0v) is 69.2. The van der Waals surface area contributed by atoms with Crippen molar-refractivity contribution in [3.63, 3.8) is 0 Å². The Bertz CT molecular complexity index is 4170. The highest BCUT2D eigenvalue weighted by Gasteiger charge is 2.38. The number of ether oxygens (including phenoxy) is 3. The second-order valence-corrected chi connectivity index (χ2v) is 36.6. The number of phenolic OH excluding ortho intramolecular Hbond substituents is 6. The second kappa shape index (κ2) is 32.8. The van der Waals surface area contributed by atoms with Crippen molar-refractivity contribution in [1.82, 2.24) is 14.7 Å². The SMILES string of the molecule is COC(=O)C(Cc1ccccc1)N1Cc2cc(C(C)(C)C)cc(c2O)-c2cc(C(C)(C)C)cc(c2O)CN(C(Cc2ccccc2)C(=O)OC)Cc2cc(C(C)(C)C)cc(c2O)-c2cc(C(C)(C)C)cc(c2O)CN(C(Cc2ccccc2)C(=O)OC)Cc2cc(C(C)(C)C)cc(c2O)-c2cc(C(C)(C)C)cc(c2O)C1. The molecule has 0 aliphatic carbocycles. The van der Waals surface area contributed by atoms with E-state index in [-0.39, 0.29) is 93.0 Å². The number of esters is 3. The zero-order valence-electron chi connectivity index (χ0n) is 69.2. The Kier molecular flexibility index (Phi) is 24.7. The van der Waals surface area contributed by atoms with Gasteiger partial charge in [0.25, 0.3) is 0 Å². The van der Waals surface area contributed by atoms with Gasteiger partial charge in [0, 0.05) is 106 Å². The molecule has 0 radical (unpaired) electrons. The van der Waals surface area contributed by atoms with E-state index < -0.39 is 68.5 Å². The Labute approximate surface area is 658 Å². The highest BCUT2D eigenvalue weighted by molar-refractivity contribution is 5.84. The number of rotatable bonds is 12. The van der Waals surface area contributed by atoms with Crippen LogP contribution in [0.2, 0.25) is 0 Å². The summed E-state index contributed by atoms with van der Waals surface area (Å²) in [6, 6.07) is 48.7. The van der Waals surface area contributed by atoms with Crippen LogP contribution in [0.3, 0.4) is 0 Å². The molecule has 111 heavy (non-hydrogen) atoms. The van der Waals surface area contributed by atoms with Gasteiger partial charge in [-0.3, -0.25) is 29.1 Å². The van der Waals surface area contributed by atoms with Crippen molar-refractivity contribution in [2.24, 2.45) is 0 Å². The molecule has 0 amide bonds. The summed E-state index contributed by atoms with van der Waals surface area (Å²) in [4.78, 5) is 50.8. The normalized spacial score (nSPS) is 14.9. The van der Waals surface area contributed by atoms with Crippen LogP contribution in [-0.4, -0.2) is 103 Å². The first-order chi connectivity index (χ1) is 51.9. The molecular weight excluding hydrogens is 1390 g/mol. The smallest absolute Gasteiger partial charge is 0.323 e. The number of fused-ring (bicyclic) bond motifs is 15. The average Bonchev–Trinajstić information content (AvgIpc) is 0.818. The van der Waals surface area contributed by atoms with E-state index in [1.807, 2.05) is 178 Å². The van der Waals surface area contributed by atoms with E-state index in [0.29, 0.717) is 66.8 Å². The molecule has 1 aliphatic rings. The van der Waals surface area contributed by atoms with Gasteiger partial charge in [0.15, 0.2) is 0 Å².